The molecular weight excluding hydrogens is 370 g/mol. The summed E-state index contributed by atoms with van der Waals surface area (Å²) < 4.78 is 23.3. The molecule has 0 aromatic carbocycles. The van der Waals surface area contributed by atoms with Crippen LogP contribution in [0.15, 0.2) is 36.0 Å². The van der Waals surface area contributed by atoms with E-state index < -0.39 is 0 Å². The molecule has 1 spiro atoms. The number of nitrogens with one attached hydrogen (secondary N) is 1. The molecule has 161 valence electrons. The van der Waals surface area contributed by atoms with Crippen LogP contribution in [-0.4, -0.2) is 55.4 Å². The normalized spacial score (nSPS) is 34.8. The van der Waals surface area contributed by atoms with E-state index in [4.69, 9.17) is 18.9 Å². The second kappa shape index (κ2) is 9.56. The summed E-state index contributed by atoms with van der Waals surface area (Å²) in [6.45, 7) is 9.95. The van der Waals surface area contributed by atoms with Gasteiger partial charge in [-0.2, -0.15) is 0 Å². The van der Waals surface area contributed by atoms with Crippen LogP contribution in [0.25, 0.3) is 0 Å². The molecule has 1 amide bonds. The zero-order valence-electron chi connectivity index (χ0n) is 18.0. The van der Waals surface area contributed by atoms with Gasteiger partial charge in [0.2, 0.25) is 5.91 Å². The lowest BCUT2D eigenvalue weighted by molar-refractivity contribution is -0.187. The van der Waals surface area contributed by atoms with Crippen molar-refractivity contribution in [3.05, 3.63) is 42.4 Å². The van der Waals surface area contributed by atoms with Gasteiger partial charge in [0.25, 0.3) is 0 Å². The van der Waals surface area contributed by atoms with Crippen molar-refractivity contribution < 1.29 is 23.7 Å². The highest BCUT2D eigenvalue weighted by Gasteiger charge is 2.53. The Labute approximate surface area is 174 Å². The van der Waals surface area contributed by atoms with Gasteiger partial charge in [0.05, 0.1) is 43.2 Å². The van der Waals surface area contributed by atoms with E-state index in [2.05, 4.69) is 44.3 Å². The number of hydrogen-bond acceptors (Lipinski definition) is 5. The Kier molecular flexibility index (Phi) is 7.32. The summed E-state index contributed by atoms with van der Waals surface area (Å²) in [5, 5.41) is 2.87. The summed E-state index contributed by atoms with van der Waals surface area (Å²) in [5.41, 5.74) is 1.03. The maximum absolute atomic E-state index is 11.7. The third kappa shape index (κ3) is 7.07. The lowest BCUT2D eigenvalue weighted by Crippen LogP contribution is -2.46. The van der Waals surface area contributed by atoms with Gasteiger partial charge >= 0.3 is 0 Å². The van der Waals surface area contributed by atoms with Crippen molar-refractivity contribution in [2.24, 2.45) is 0 Å². The molecule has 3 fully saturated rings. The molecule has 0 saturated carbocycles. The molecule has 0 aliphatic carbocycles. The van der Waals surface area contributed by atoms with E-state index in [1.165, 1.54) is 6.08 Å². The Morgan fingerprint density at radius 2 is 1.93 bits per heavy atom. The molecule has 0 aromatic heterocycles. The maximum Gasteiger partial charge on any atom is 0.244 e. The number of allylic oxidation sites excluding steroid dienone is 3. The Hall–Kier alpha value is -1.47. The van der Waals surface area contributed by atoms with Crippen molar-refractivity contribution >= 4 is 5.91 Å². The molecule has 6 heteroatoms. The molecule has 3 saturated heterocycles. The first kappa shape index (κ1) is 22.2. The molecule has 29 heavy (non-hydrogen) atoms. The van der Waals surface area contributed by atoms with Crippen LogP contribution in [0.5, 0.6) is 0 Å². The second-order valence-corrected chi connectivity index (χ2v) is 8.81. The minimum atomic E-state index is -0.279. The van der Waals surface area contributed by atoms with Gasteiger partial charge in [0.1, 0.15) is 0 Å². The molecule has 0 unspecified atom stereocenters. The van der Waals surface area contributed by atoms with Crippen LogP contribution in [0.2, 0.25) is 0 Å². The largest absolute Gasteiger partial charge is 0.369 e. The lowest BCUT2D eigenvalue weighted by atomic mass is 9.85. The van der Waals surface area contributed by atoms with Gasteiger partial charge < -0.3 is 24.3 Å². The first-order valence-corrected chi connectivity index (χ1v) is 10.5. The average Bonchev–Trinajstić information content (AvgIpc) is 3.40. The van der Waals surface area contributed by atoms with Crippen LogP contribution < -0.4 is 5.32 Å². The van der Waals surface area contributed by atoms with Gasteiger partial charge in [0, 0.05) is 19.3 Å². The third-order valence-electron chi connectivity index (χ3n) is 5.30. The number of ether oxygens (including phenoxy) is 4. The first-order chi connectivity index (χ1) is 13.8. The van der Waals surface area contributed by atoms with Crippen molar-refractivity contribution in [3.8, 4) is 0 Å². The first-order valence-electron chi connectivity index (χ1n) is 10.5. The fourth-order valence-corrected chi connectivity index (χ4v) is 3.94. The number of carbonyl (C=O) groups is 1. The number of hydrogen-bond donors (Lipinski definition) is 1. The summed E-state index contributed by atoms with van der Waals surface area (Å²) in [6, 6.07) is -0.117. The molecule has 0 bridgehead atoms. The van der Waals surface area contributed by atoms with Crippen LogP contribution in [0, 0.1) is 6.42 Å². The maximum atomic E-state index is 11.7. The Morgan fingerprint density at radius 1 is 1.21 bits per heavy atom. The van der Waals surface area contributed by atoms with E-state index in [0.29, 0.717) is 19.6 Å². The number of carbonyl (C=O) groups excluding carboxylic acids is 1. The summed E-state index contributed by atoms with van der Waals surface area (Å²) >= 11 is 0. The monoisotopic (exact) mass is 404 g/mol. The highest BCUT2D eigenvalue weighted by molar-refractivity contribution is 5.87. The van der Waals surface area contributed by atoms with Crippen LogP contribution in [0.1, 0.15) is 47.0 Å². The minimum absolute atomic E-state index is 0.0364. The minimum Gasteiger partial charge on any atom is -0.369 e. The molecule has 3 aliphatic rings. The van der Waals surface area contributed by atoms with Crippen LogP contribution in [-0.2, 0) is 23.7 Å². The van der Waals surface area contributed by atoms with Crippen molar-refractivity contribution in [2.75, 3.05) is 19.8 Å². The zero-order valence-corrected chi connectivity index (χ0v) is 18.0. The second-order valence-electron chi connectivity index (χ2n) is 8.81. The number of epoxide rings is 1. The van der Waals surface area contributed by atoms with Gasteiger partial charge in [-0.1, -0.05) is 36.8 Å². The molecule has 6 nitrogen and oxygen atoms in total. The Bertz CT molecular complexity index is 648. The summed E-state index contributed by atoms with van der Waals surface area (Å²) in [4.78, 5) is 11.7. The Balaban J connectivity index is 1.40. The number of rotatable bonds is 7. The average molecular weight is 405 g/mol. The zero-order chi connectivity index (χ0) is 20.9. The fourth-order valence-electron chi connectivity index (χ4n) is 3.94. The van der Waals surface area contributed by atoms with Crippen molar-refractivity contribution in [1.82, 2.24) is 5.32 Å². The van der Waals surface area contributed by atoms with Gasteiger partial charge in [-0.05, 0) is 33.3 Å². The highest BCUT2D eigenvalue weighted by Crippen LogP contribution is 2.46. The van der Waals surface area contributed by atoms with E-state index in [0.717, 1.165) is 25.0 Å². The number of amides is 1. The van der Waals surface area contributed by atoms with Crippen molar-refractivity contribution in [1.29, 1.82) is 0 Å². The molecule has 3 aliphatic heterocycles. The van der Waals surface area contributed by atoms with E-state index in [1.54, 1.807) is 6.08 Å². The molecule has 3 rings (SSSR count). The molecule has 1 radical (unpaired) electrons. The molecule has 0 aromatic rings. The van der Waals surface area contributed by atoms with E-state index >= 15 is 0 Å². The van der Waals surface area contributed by atoms with E-state index in [9.17, 15) is 4.79 Å². The predicted molar refractivity (Wildman–Crippen MR) is 111 cm³/mol. The van der Waals surface area contributed by atoms with Gasteiger partial charge in [-0.15, -0.1) is 0 Å². The lowest BCUT2D eigenvalue weighted by Gasteiger charge is -2.38. The highest BCUT2D eigenvalue weighted by atomic mass is 16.7. The van der Waals surface area contributed by atoms with Crippen LogP contribution >= 0.6 is 0 Å². The quantitative estimate of drug-likeness (QED) is 0.401. The SMILES string of the molecule is C[CH]/C=C\C(=O)N[C@H]1CO[C@@H](C/C=C(C)/C=C/[C@@H]2C[C@]3(CO3)CC(C)(C)O2)OC1. The predicted octanol–water partition coefficient (Wildman–Crippen LogP) is 3.24. The van der Waals surface area contributed by atoms with E-state index in [1.807, 2.05) is 13.3 Å². The van der Waals surface area contributed by atoms with Crippen LogP contribution in [0.4, 0.5) is 0 Å². The topological polar surface area (TPSA) is 69.3 Å². The van der Waals surface area contributed by atoms with Crippen LogP contribution in [0.3, 0.4) is 0 Å². The van der Waals surface area contributed by atoms with Gasteiger partial charge in [0.15, 0.2) is 6.29 Å². The van der Waals surface area contributed by atoms with Gasteiger partial charge in [-0.3, -0.25) is 4.79 Å². The molecular formula is C23H34NO5. The summed E-state index contributed by atoms with van der Waals surface area (Å²) in [7, 11) is 0. The molecule has 3 heterocycles. The van der Waals surface area contributed by atoms with Gasteiger partial charge in [-0.25, -0.2) is 0 Å². The fraction of sp³-hybridized carbons (Fsp3) is 0.652. The Morgan fingerprint density at radius 3 is 2.59 bits per heavy atom. The summed E-state index contributed by atoms with van der Waals surface area (Å²) in [6.07, 6.45) is 13.7. The smallest absolute Gasteiger partial charge is 0.244 e. The summed E-state index contributed by atoms with van der Waals surface area (Å²) in [5.74, 6) is -0.133. The van der Waals surface area contributed by atoms with Crippen molar-refractivity contribution in [2.45, 2.75) is 76.6 Å². The molecule has 2 atom stereocenters. The van der Waals surface area contributed by atoms with E-state index in [-0.39, 0.29) is 35.5 Å². The molecule has 1 N–H and O–H groups in total. The van der Waals surface area contributed by atoms with Crippen molar-refractivity contribution in [3.63, 3.8) is 0 Å². The third-order valence-corrected chi connectivity index (χ3v) is 5.30. The standard InChI is InChI=1S/C23H34NO5/c1-5-6-7-20(25)24-18-13-26-21(27-14-18)11-9-17(2)8-10-19-12-23(16-28-23)15-22(3,4)29-19/h5-10,18-19,21H,11-16H2,1-4H3,(H,24,25)/b7-6-,10-8+,17-9+/t18-,19-,21+,23-/m1/s1.